The van der Waals surface area contributed by atoms with Gasteiger partial charge in [-0.1, -0.05) is 219 Å². The summed E-state index contributed by atoms with van der Waals surface area (Å²) in [5, 5.41) is 61.4. The summed E-state index contributed by atoms with van der Waals surface area (Å²) in [6, 6.07) is 81.3. The summed E-state index contributed by atoms with van der Waals surface area (Å²) in [7, 11) is 7.92. The van der Waals surface area contributed by atoms with Crippen molar-refractivity contribution >= 4 is 0 Å². The fourth-order valence-electron chi connectivity index (χ4n) is 9.50. The summed E-state index contributed by atoms with van der Waals surface area (Å²) >= 11 is 0. The maximum Gasteiger partial charge on any atom is 0.292 e. The topological polar surface area (TPSA) is 283 Å². The third-order valence-corrected chi connectivity index (χ3v) is 14.4. The van der Waals surface area contributed by atoms with Gasteiger partial charge in [-0.25, -0.2) is 0 Å². The average Bonchev–Trinajstić information content (AvgIpc) is 0.847. The Bertz CT molecular complexity index is 4360. The number of nitrogens with zero attached hydrogens (tertiary/aromatic N) is 8. The van der Waals surface area contributed by atoms with E-state index >= 15 is 0 Å². The van der Waals surface area contributed by atoms with Gasteiger partial charge in [-0.15, -0.1) is 10.5 Å². The number of nitriles is 8. The first-order valence-electron chi connectivity index (χ1n) is 32.6. The van der Waals surface area contributed by atoms with Crippen molar-refractivity contribution in [3.63, 3.8) is 0 Å². The predicted octanol–water partition coefficient (Wildman–Crippen LogP) is 18.2. The molecule has 0 heterocycles. The minimum Gasteiger partial charge on any atom is -0.431 e. The van der Waals surface area contributed by atoms with Crippen LogP contribution in [0, 0.1) is 152 Å². The molecule has 0 N–H and O–H groups in total. The number of hydrogen-bond acceptors (Lipinski definition) is 18. The molecule has 23 heteroatoms. The molecule has 557 valence electrons. The van der Waals surface area contributed by atoms with E-state index in [2.05, 4.69) is 219 Å². The molecule has 112 heavy (non-hydrogen) atoms. The number of aryl methyl sites for hydroxylation is 5. The van der Waals surface area contributed by atoms with Crippen molar-refractivity contribution in [1.29, 1.82) is 42.1 Å². The molecule has 0 atom stereocenters. The van der Waals surface area contributed by atoms with Crippen LogP contribution >= 0.6 is 0 Å². The van der Waals surface area contributed by atoms with E-state index in [0.717, 1.165) is 66.3 Å². The smallest absolute Gasteiger partial charge is 0.292 e. The molecule has 18 nitrogen and oxygen atoms in total. The molecule has 0 spiro atoms. The van der Waals surface area contributed by atoms with Crippen LogP contribution in [0.25, 0.3) is 0 Å². The van der Waals surface area contributed by atoms with Gasteiger partial charge in [0.15, 0.2) is 0 Å². The molecule has 0 bridgehead atoms. The first-order chi connectivity index (χ1) is 51.9. The number of hydrogen-bond donors (Lipinski definition) is 0. The average molecular weight is 1870 g/mol. The molecule has 0 fully saturated rings. The quantitative estimate of drug-likeness (QED) is 0.0641. The van der Waals surface area contributed by atoms with Crippen molar-refractivity contribution in [2.24, 2.45) is 0 Å². The summed E-state index contributed by atoms with van der Waals surface area (Å²) < 4.78 is 42.7. The molecule has 10 aromatic rings. The van der Waals surface area contributed by atoms with Gasteiger partial charge in [-0.2, -0.15) is 31.6 Å². The molecule has 0 amide bonds. The number of ether oxygens (including phenoxy) is 10. The summed E-state index contributed by atoms with van der Waals surface area (Å²) in [6.07, 6.45) is 32.0. The minimum atomic E-state index is 0. The van der Waals surface area contributed by atoms with Gasteiger partial charge in [0.2, 0.25) is 0 Å². The number of terminal acetylenes is 2. The first-order valence-corrected chi connectivity index (χ1v) is 32.6. The van der Waals surface area contributed by atoms with Crippen LogP contribution in [0.3, 0.4) is 0 Å². The van der Waals surface area contributed by atoms with Gasteiger partial charge in [-0.3, -0.25) is 0 Å². The standard InChI is InChI=1S/C23H24.C20H18.C18H15NO2.C16H11NO2.6C2H3NO.5Y/c1-17-7-6-9-20(13-17)15-23-12-11-21(14-19(23)3)16-22-10-5-4-8-18(22)2;1-3-7-17(8-4-1)15-19-11-13-20(14-12-19)16-18-9-5-2-6-10-18;1-4-20-17-7-5-15(9-13(17)2)11-16-6-8-18(21-12-19)14(3)10-16;1-2-18-15-7-3-13(4-8-15)11-14-5-9-16(10-6-14)19-12-17;6*1-4-2-3;;;;;/h4-14H,15-16H2,1-3H3;1-14H,15-16H2;1,5-10H,11H2,2-3H3;1,3-10H,11H2;6*1H3;;;;;. The summed E-state index contributed by atoms with van der Waals surface area (Å²) in [6.45, 7) is 10.5. The Hall–Kier alpha value is -9.24. The third-order valence-electron chi connectivity index (χ3n) is 14.4. The zero-order chi connectivity index (χ0) is 79.1. The fourth-order valence-corrected chi connectivity index (χ4v) is 9.50. The Labute approximate surface area is 788 Å². The summed E-state index contributed by atoms with van der Waals surface area (Å²) in [4.78, 5) is 0. The van der Waals surface area contributed by atoms with E-state index in [4.69, 9.17) is 73.9 Å². The Morgan fingerprint density at radius 2 is 0.518 bits per heavy atom. The van der Waals surface area contributed by atoms with Gasteiger partial charge in [0.05, 0.1) is 42.7 Å². The SMILES string of the molecule is C#COc1ccc(Cc2ccc(OC#N)c(C)c2)cc1C.C#COc1ccc(Cc2ccc(OC#N)cc2)cc1.COC#N.COC#N.COC#N.COC#N.COC#N.COC#N.Cc1cccc(Cc2ccc(Cc3ccccc3C)cc2C)c1.[Y].[Y].[Y].[Y].[Y].c1ccc(Cc2ccc(Cc3ccccc3)cc2)cc1. The van der Waals surface area contributed by atoms with E-state index in [0.29, 0.717) is 23.0 Å². The molecule has 5 radical (unpaired) electrons. The van der Waals surface area contributed by atoms with Crippen LogP contribution in [-0.4, -0.2) is 42.7 Å². The second-order valence-electron chi connectivity index (χ2n) is 22.1. The zero-order valence-electron chi connectivity index (χ0n) is 65.0. The van der Waals surface area contributed by atoms with E-state index in [1.165, 1.54) is 147 Å². The van der Waals surface area contributed by atoms with E-state index in [1.54, 1.807) is 24.6 Å². The van der Waals surface area contributed by atoms with Crippen LogP contribution in [-0.2, 0) is 230 Å². The second-order valence-corrected chi connectivity index (χ2v) is 22.1. The molecule has 0 aliphatic rings. The van der Waals surface area contributed by atoms with E-state index in [9.17, 15) is 0 Å². The van der Waals surface area contributed by atoms with Crippen molar-refractivity contribution < 1.29 is 211 Å². The Morgan fingerprint density at radius 3 is 0.857 bits per heavy atom. The molecular formula is C89H86N8O10Y5. The molecule has 0 unspecified atom stereocenters. The number of methoxy groups -OCH3 is 6. The van der Waals surface area contributed by atoms with E-state index in [-0.39, 0.29) is 164 Å². The van der Waals surface area contributed by atoms with Gasteiger partial charge in [0.1, 0.15) is 35.2 Å². The number of benzene rings is 10. The van der Waals surface area contributed by atoms with Gasteiger partial charge in [0, 0.05) is 164 Å². The largest absolute Gasteiger partial charge is 0.431 e. The predicted molar refractivity (Wildman–Crippen MR) is 412 cm³/mol. The van der Waals surface area contributed by atoms with Crippen molar-refractivity contribution in [3.05, 3.63) is 331 Å². The normalized spacial score (nSPS) is 8.26. The monoisotopic (exact) mass is 1870 g/mol. The molecule has 0 aromatic heterocycles. The van der Waals surface area contributed by atoms with Crippen LogP contribution in [0.15, 0.2) is 237 Å². The van der Waals surface area contributed by atoms with Crippen LogP contribution < -0.4 is 18.9 Å². The Morgan fingerprint density at radius 1 is 0.241 bits per heavy atom. The molecule has 0 saturated heterocycles. The molecule has 0 aliphatic carbocycles. The maximum absolute atomic E-state index is 8.55. The Balaban J connectivity index is -0.000000408. The van der Waals surface area contributed by atoms with Gasteiger partial charge >= 0.3 is 0 Å². The number of rotatable bonds is 16. The van der Waals surface area contributed by atoms with Crippen molar-refractivity contribution in [3.8, 4) is 98.1 Å². The molecule has 0 aliphatic heterocycles. The van der Waals surface area contributed by atoms with Crippen LogP contribution in [0.1, 0.15) is 94.6 Å². The Kier molecular flexibility index (Phi) is 72.8. The fraction of sp³-hybridized carbons (Fsp3) is 0.191. The van der Waals surface area contributed by atoms with Crippen molar-refractivity contribution in [2.45, 2.75) is 73.1 Å². The van der Waals surface area contributed by atoms with E-state index < -0.39 is 0 Å². The van der Waals surface area contributed by atoms with Crippen LogP contribution in [0.5, 0.6) is 23.0 Å². The second kappa shape index (κ2) is 73.3. The van der Waals surface area contributed by atoms with Crippen LogP contribution in [0.4, 0.5) is 0 Å². The zero-order valence-corrected chi connectivity index (χ0v) is 79.2. The summed E-state index contributed by atoms with van der Waals surface area (Å²) in [5.74, 6) is 2.50. The molecule has 0 saturated carbocycles. The van der Waals surface area contributed by atoms with Crippen molar-refractivity contribution in [2.75, 3.05) is 42.7 Å². The minimum absolute atomic E-state index is 0. The third kappa shape index (κ3) is 52.1. The van der Waals surface area contributed by atoms with Crippen LogP contribution in [0.2, 0.25) is 0 Å². The molecule has 10 rings (SSSR count). The van der Waals surface area contributed by atoms with E-state index in [1.807, 2.05) is 80.6 Å². The van der Waals surface area contributed by atoms with Gasteiger partial charge in [0.25, 0.3) is 50.0 Å². The van der Waals surface area contributed by atoms with Gasteiger partial charge < -0.3 is 47.4 Å². The molecular weight excluding hydrogens is 1790 g/mol. The summed E-state index contributed by atoms with van der Waals surface area (Å²) in [5.41, 5.74) is 21.7. The maximum atomic E-state index is 8.55. The van der Waals surface area contributed by atoms with Gasteiger partial charge in [-0.05, 0) is 199 Å². The molecule has 10 aromatic carbocycles. The first kappa shape index (κ1) is 111. The van der Waals surface area contributed by atoms with Crippen molar-refractivity contribution in [1.82, 2.24) is 0 Å².